The van der Waals surface area contributed by atoms with Gasteiger partial charge in [-0.3, -0.25) is 4.79 Å². The Labute approximate surface area is 180 Å². The Bertz CT molecular complexity index is 996. The van der Waals surface area contributed by atoms with E-state index >= 15 is 0 Å². The fourth-order valence-electron chi connectivity index (χ4n) is 2.35. The standard InChI is InChI=1S/C19H18BrClN4O2S/c1-12-9-13(7-8-14(12)20)22-18(26)11-28-19-24-23-17(25(19)2)10-27-16-6-4-3-5-15(16)21/h3-9H,10-11H2,1-2H3,(H,22,26). The lowest BCUT2D eigenvalue weighted by Gasteiger charge is -2.08. The molecule has 0 saturated carbocycles. The van der Waals surface area contributed by atoms with Crippen molar-refractivity contribution in [3.63, 3.8) is 0 Å². The molecular weight excluding hydrogens is 464 g/mol. The minimum atomic E-state index is -0.108. The summed E-state index contributed by atoms with van der Waals surface area (Å²) in [5.74, 6) is 1.35. The van der Waals surface area contributed by atoms with Gasteiger partial charge >= 0.3 is 0 Å². The number of amides is 1. The summed E-state index contributed by atoms with van der Waals surface area (Å²) in [6, 6.07) is 12.9. The number of rotatable bonds is 7. The van der Waals surface area contributed by atoms with E-state index in [1.807, 2.05) is 44.3 Å². The highest BCUT2D eigenvalue weighted by Gasteiger charge is 2.13. The average molecular weight is 482 g/mol. The molecular formula is C19H18BrClN4O2S. The zero-order valence-electron chi connectivity index (χ0n) is 15.3. The van der Waals surface area contributed by atoms with Gasteiger partial charge in [0.25, 0.3) is 0 Å². The van der Waals surface area contributed by atoms with E-state index in [-0.39, 0.29) is 18.3 Å². The van der Waals surface area contributed by atoms with E-state index in [9.17, 15) is 4.79 Å². The van der Waals surface area contributed by atoms with Gasteiger partial charge in [0.15, 0.2) is 11.0 Å². The van der Waals surface area contributed by atoms with E-state index in [1.165, 1.54) is 11.8 Å². The summed E-state index contributed by atoms with van der Waals surface area (Å²) >= 11 is 10.8. The van der Waals surface area contributed by atoms with Gasteiger partial charge in [0.05, 0.1) is 10.8 Å². The molecule has 9 heteroatoms. The van der Waals surface area contributed by atoms with Crippen molar-refractivity contribution >= 4 is 50.9 Å². The first kappa shape index (κ1) is 20.7. The molecule has 0 aliphatic heterocycles. The van der Waals surface area contributed by atoms with Crippen LogP contribution in [0.4, 0.5) is 5.69 Å². The summed E-state index contributed by atoms with van der Waals surface area (Å²) in [5, 5.41) is 12.3. The number of carbonyl (C=O) groups is 1. The second-order valence-corrected chi connectivity index (χ2v) is 8.18. The van der Waals surface area contributed by atoms with Gasteiger partial charge in [-0.2, -0.15) is 0 Å². The summed E-state index contributed by atoms with van der Waals surface area (Å²) in [7, 11) is 1.84. The van der Waals surface area contributed by atoms with Crippen LogP contribution < -0.4 is 10.1 Å². The predicted molar refractivity (Wildman–Crippen MR) is 115 cm³/mol. The summed E-state index contributed by atoms with van der Waals surface area (Å²) < 4.78 is 8.50. The molecule has 6 nitrogen and oxygen atoms in total. The van der Waals surface area contributed by atoms with Crippen LogP contribution in [0.2, 0.25) is 5.02 Å². The lowest BCUT2D eigenvalue weighted by atomic mass is 10.2. The Hall–Kier alpha value is -2.03. The lowest BCUT2D eigenvalue weighted by molar-refractivity contribution is -0.113. The fourth-order valence-corrected chi connectivity index (χ4v) is 3.52. The highest BCUT2D eigenvalue weighted by atomic mass is 79.9. The van der Waals surface area contributed by atoms with E-state index < -0.39 is 0 Å². The second kappa shape index (κ2) is 9.45. The Balaban J connectivity index is 1.54. The first-order valence-corrected chi connectivity index (χ1v) is 10.5. The predicted octanol–water partition coefficient (Wildman–Crippen LogP) is 4.85. The van der Waals surface area contributed by atoms with Crippen LogP contribution in [0.15, 0.2) is 52.1 Å². The number of thioether (sulfide) groups is 1. The molecule has 28 heavy (non-hydrogen) atoms. The van der Waals surface area contributed by atoms with E-state index in [2.05, 4.69) is 31.4 Å². The van der Waals surface area contributed by atoms with E-state index in [0.29, 0.717) is 21.8 Å². The maximum absolute atomic E-state index is 12.2. The highest BCUT2D eigenvalue weighted by molar-refractivity contribution is 9.10. The van der Waals surface area contributed by atoms with Crippen molar-refractivity contribution in [2.75, 3.05) is 11.1 Å². The largest absolute Gasteiger partial charge is 0.484 e. The van der Waals surface area contributed by atoms with Crippen LogP contribution in [0.3, 0.4) is 0 Å². The number of anilines is 1. The van der Waals surface area contributed by atoms with E-state index in [1.54, 1.807) is 16.7 Å². The number of nitrogens with one attached hydrogen (secondary N) is 1. The van der Waals surface area contributed by atoms with Crippen LogP contribution in [0.5, 0.6) is 5.75 Å². The molecule has 3 rings (SSSR count). The Morgan fingerprint density at radius 1 is 1.29 bits per heavy atom. The van der Waals surface area contributed by atoms with Gasteiger partial charge in [0.2, 0.25) is 5.91 Å². The minimum absolute atomic E-state index is 0.108. The second-order valence-electron chi connectivity index (χ2n) is 5.98. The highest BCUT2D eigenvalue weighted by Crippen LogP contribution is 2.25. The smallest absolute Gasteiger partial charge is 0.234 e. The van der Waals surface area contributed by atoms with Gasteiger partial charge in [0.1, 0.15) is 12.4 Å². The van der Waals surface area contributed by atoms with Gasteiger partial charge in [0, 0.05) is 17.2 Å². The molecule has 1 heterocycles. The van der Waals surface area contributed by atoms with Gasteiger partial charge in [-0.15, -0.1) is 10.2 Å². The molecule has 0 aliphatic carbocycles. The molecule has 0 bridgehead atoms. The van der Waals surface area contributed by atoms with Crippen LogP contribution in [0.1, 0.15) is 11.4 Å². The molecule has 0 aliphatic rings. The van der Waals surface area contributed by atoms with Crippen molar-refractivity contribution in [2.45, 2.75) is 18.7 Å². The summed E-state index contributed by atoms with van der Waals surface area (Å²) in [6.07, 6.45) is 0. The molecule has 3 aromatic rings. The molecule has 1 N–H and O–H groups in total. The first-order valence-electron chi connectivity index (χ1n) is 8.38. The van der Waals surface area contributed by atoms with E-state index in [0.717, 1.165) is 15.7 Å². The Morgan fingerprint density at radius 2 is 2.07 bits per heavy atom. The number of nitrogens with zero attached hydrogens (tertiary/aromatic N) is 3. The van der Waals surface area contributed by atoms with Crippen molar-refractivity contribution in [1.82, 2.24) is 14.8 Å². The third kappa shape index (κ3) is 5.27. The maximum Gasteiger partial charge on any atom is 0.234 e. The average Bonchev–Trinajstić information content (AvgIpc) is 3.02. The zero-order valence-corrected chi connectivity index (χ0v) is 18.4. The van der Waals surface area contributed by atoms with Crippen molar-refractivity contribution in [1.29, 1.82) is 0 Å². The van der Waals surface area contributed by atoms with Crippen molar-refractivity contribution < 1.29 is 9.53 Å². The van der Waals surface area contributed by atoms with Crippen LogP contribution in [-0.4, -0.2) is 26.4 Å². The topological polar surface area (TPSA) is 69.0 Å². The number of hydrogen-bond donors (Lipinski definition) is 1. The SMILES string of the molecule is Cc1cc(NC(=O)CSc2nnc(COc3ccccc3Cl)n2C)ccc1Br. The normalized spacial score (nSPS) is 10.7. The number of aromatic nitrogens is 3. The number of halogens is 2. The molecule has 1 aromatic heterocycles. The van der Waals surface area contributed by atoms with Crippen LogP contribution in [0, 0.1) is 6.92 Å². The number of carbonyl (C=O) groups excluding carboxylic acids is 1. The van der Waals surface area contributed by atoms with Crippen LogP contribution in [-0.2, 0) is 18.4 Å². The molecule has 0 radical (unpaired) electrons. The molecule has 2 aromatic carbocycles. The van der Waals surface area contributed by atoms with Crippen LogP contribution >= 0.6 is 39.3 Å². The summed E-state index contributed by atoms with van der Waals surface area (Å²) in [5.41, 5.74) is 1.82. The van der Waals surface area contributed by atoms with E-state index in [4.69, 9.17) is 16.3 Å². The molecule has 0 unspecified atom stereocenters. The number of ether oxygens (including phenoxy) is 1. The number of para-hydroxylation sites is 1. The van der Waals surface area contributed by atoms with Crippen LogP contribution in [0.25, 0.3) is 0 Å². The summed E-state index contributed by atoms with van der Waals surface area (Å²) in [6.45, 7) is 2.21. The third-order valence-electron chi connectivity index (χ3n) is 3.89. The zero-order chi connectivity index (χ0) is 20.1. The number of benzene rings is 2. The Morgan fingerprint density at radius 3 is 2.82 bits per heavy atom. The third-order valence-corrected chi connectivity index (χ3v) is 6.11. The number of hydrogen-bond acceptors (Lipinski definition) is 5. The van der Waals surface area contributed by atoms with Gasteiger partial charge in [-0.1, -0.05) is 51.4 Å². The summed E-state index contributed by atoms with van der Waals surface area (Å²) in [4.78, 5) is 12.2. The van der Waals surface area contributed by atoms with Crippen molar-refractivity contribution in [3.8, 4) is 5.75 Å². The molecule has 0 fully saturated rings. The fraction of sp³-hybridized carbons (Fsp3) is 0.211. The lowest BCUT2D eigenvalue weighted by Crippen LogP contribution is -2.14. The molecule has 146 valence electrons. The van der Waals surface area contributed by atoms with Gasteiger partial charge < -0.3 is 14.6 Å². The van der Waals surface area contributed by atoms with Gasteiger partial charge in [-0.05, 0) is 42.8 Å². The number of aryl methyl sites for hydroxylation is 1. The molecule has 0 atom stereocenters. The van der Waals surface area contributed by atoms with Gasteiger partial charge in [-0.25, -0.2) is 0 Å². The van der Waals surface area contributed by atoms with Crippen molar-refractivity contribution in [2.24, 2.45) is 7.05 Å². The maximum atomic E-state index is 12.2. The van der Waals surface area contributed by atoms with Crippen molar-refractivity contribution in [3.05, 3.63) is 63.3 Å². The molecule has 0 saturated heterocycles. The minimum Gasteiger partial charge on any atom is -0.484 e. The molecule has 0 spiro atoms. The quantitative estimate of drug-likeness (QED) is 0.489. The Kier molecular flexibility index (Phi) is 6.98. The monoisotopic (exact) mass is 480 g/mol. The molecule has 1 amide bonds. The first-order chi connectivity index (χ1) is 13.4.